The SMILES string of the molecule is C[C@H]1Oc2cc(C(F)(F)F)cnc2[C@@H]1CNC(=O)OCc1ccccc1. The standard InChI is InChI=1S/C18H17F3N2O3/c1-11-14(9-23-17(24)25-10-12-5-3-2-4-6-12)16-15(26-11)7-13(8-22-16)18(19,20)21/h2-8,11,14H,9-10H2,1H3,(H,23,24)/t11-,14-/m1/s1. The van der Waals surface area contributed by atoms with Crippen molar-refractivity contribution in [1.82, 2.24) is 10.3 Å². The van der Waals surface area contributed by atoms with Crippen LogP contribution in [-0.4, -0.2) is 23.7 Å². The first-order valence-corrected chi connectivity index (χ1v) is 8.03. The summed E-state index contributed by atoms with van der Waals surface area (Å²) in [6, 6.07) is 10.1. The van der Waals surface area contributed by atoms with Gasteiger partial charge < -0.3 is 14.8 Å². The summed E-state index contributed by atoms with van der Waals surface area (Å²) in [6.07, 6.45) is -4.72. The van der Waals surface area contributed by atoms with E-state index in [-0.39, 0.29) is 24.8 Å². The normalized spacial score (nSPS) is 18.8. The highest BCUT2D eigenvalue weighted by Crippen LogP contribution is 2.40. The van der Waals surface area contributed by atoms with Gasteiger partial charge in [0.2, 0.25) is 0 Å². The number of fused-ring (bicyclic) bond motifs is 1. The van der Waals surface area contributed by atoms with Crippen LogP contribution in [0.25, 0.3) is 0 Å². The fourth-order valence-electron chi connectivity index (χ4n) is 2.72. The average Bonchev–Trinajstić information content (AvgIpc) is 2.92. The molecule has 1 amide bonds. The second kappa shape index (κ2) is 7.23. The van der Waals surface area contributed by atoms with Crippen molar-refractivity contribution in [2.75, 3.05) is 6.54 Å². The van der Waals surface area contributed by atoms with Gasteiger partial charge in [0.1, 0.15) is 18.5 Å². The topological polar surface area (TPSA) is 60.5 Å². The third-order valence-corrected chi connectivity index (χ3v) is 4.12. The second-order valence-electron chi connectivity index (χ2n) is 5.98. The zero-order valence-electron chi connectivity index (χ0n) is 13.9. The van der Waals surface area contributed by atoms with E-state index < -0.39 is 23.9 Å². The van der Waals surface area contributed by atoms with Gasteiger partial charge in [-0.1, -0.05) is 30.3 Å². The minimum Gasteiger partial charge on any atom is -0.488 e. The number of aromatic nitrogens is 1. The number of alkyl halides is 3. The van der Waals surface area contributed by atoms with Crippen LogP contribution in [0.1, 0.15) is 29.7 Å². The van der Waals surface area contributed by atoms with Crippen molar-refractivity contribution in [2.45, 2.75) is 31.7 Å². The van der Waals surface area contributed by atoms with Crippen LogP contribution in [0.3, 0.4) is 0 Å². The van der Waals surface area contributed by atoms with Crippen molar-refractivity contribution in [3.05, 3.63) is 59.4 Å². The molecule has 2 aromatic rings. The Morgan fingerprint density at radius 3 is 2.73 bits per heavy atom. The van der Waals surface area contributed by atoms with Gasteiger partial charge in [0, 0.05) is 12.7 Å². The number of hydrogen-bond donors (Lipinski definition) is 1. The fraction of sp³-hybridized carbons (Fsp3) is 0.333. The van der Waals surface area contributed by atoms with Crippen LogP contribution in [-0.2, 0) is 17.5 Å². The Bertz CT molecular complexity index is 781. The molecule has 1 aliphatic heterocycles. The van der Waals surface area contributed by atoms with Crippen LogP contribution in [0.5, 0.6) is 5.75 Å². The lowest BCUT2D eigenvalue weighted by Crippen LogP contribution is -2.32. The number of amides is 1. The molecular weight excluding hydrogens is 349 g/mol. The molecule has 3 rings (SSSR count). The van der Waals surface area contributed by atoms with Crippen molar-refractivity contribution in [3.8, 4) is 5.75 Å². The molecule has 0 saturated carbocycles. The number of hydrogen-bond acceptors (Lipinski definition) is 4. The molecule has 1 aliphatic rings. The van der Waals surface area contributed by atoms with Crippen LogP contribution >= 0.6 is 0 Å². The number of rotatable bonds is 4. The summed E-state index contributed by atoms with van der Waals surface area (Å²) in [5.74, 6) is -0.256. The van der Waals surface area contributed by atoms with E-state index in [4.69, 9.17) is 9.47 Å². The first kappa shape index (κ1) is 18.0. The van der Waals surface area contributed by atoms with Crippen molar-refractivity contribution in [1.29, 1.82) is 0 Å². The van der Waals surface area contributed by atoms with Crippen LogP contribution in [0.4, 0.5) is 18.0 Å². The molecule has 0 unspecified atom stereocenters. The van der Waals surface area contributed by atoms with Crippen molar-refractivity contribution >= 4 is 6.09 Å². The highest BCUT2D eigenvalue weighted by molar-refractivity contribution is 5.67. The number of pyridine rings is 1. The van der Waals surface area contributed by atoms with E-state index in [9.17, 15) is 18.0 Å². The smallest absolute Gasteiger partial charge is 0.418 e. The van der Waals surface area contributed by atoms with E-state index in [0.29, 0.717) is 5.69 Å². The number of carbonyl (C=O) groups is 1. The molecular formula is C18H17F3N2O3. The maximum absolute atomic E-state index is 12.8. The lowest BCUT2D eigenvalue weighted by atomic mass is 10.0. The van der Waals surface area contributed by atoms with Crippen molar-refractivity contribution < 1.29 is 27.4 Å². The summed E-state index contributed by atoms with van der Waals surface area (Å²) in [5.41, 5.74) is 0.389. The molecule has 138 valence electrons. The third kappa shape index (κ3) is 4.07. The van der Waals surface area contributed by atoms with Crippen molar-refractivity contribution in [3.63, 3.8) is 0 Å². The van der Waals surface area contributed by atoms with Gasteiger partial charge in [-0.15, -0.1) is 0 Å². The molecule has 1 N–H and O–H groups in total. The molecule has 0 fully saturated rings. The van der Waals surface area contributed by atoms with Gasteiger partial charge in [-0.3, -0.25) is 4.98 Å². The summed E-state index contributed by atoms with van der Waals surface area (Å²) in [5, 5.41) is 2.61. The van der Waals surface area contributed by atoms with E-state index in [1.807, 2.05) is 30.3 Å². The highest BCUT2D eigenvalue weighted by atomic mass is 19.4. The highest BCUT2D eigenvalue weighted by Gasteiger charge is 2.37. The van der Waals surface area contributed by atoms with Gasteiger partial charge in [-0.05, 0) is 18.6 Å². The summed E-state index contributed by atoms with van der Waals surface area (Å²) in [7, 11) is 0. The lowest BCUT2D eigenvalue weighted by Gasteiger charge is -2.15. The predicted octanol–water partition coefficient (Wildman–Crippen LogP) is 3.89. The predicted molar refractivity (Wildman–Crippen MR) is 86.7 cm³/mol. The van der Waals surface area contributed by atoms with Gasteiger partial charge in [-0.25, -0.2) is 4.79 Å². The van der Waals surface area contributed by atoms with Gasteiger partial charge >= 0.3 is 12.3 Å². The summed E-state index contributed by atoms with van der Waals surface area (Å²) in [4.78, 5) is 15.7. The minimum atomic E-state index is -4.48. The molecule has 1 aromatic carbocycles. The van der Waals surface area contributed by atoms with Crippen LogP contribution in [0, 0.1) is 0 Å². The molecule has 8 heteroatoms. The Morgan fingerprint density at radius 1 is 1.31 bits per heavy atom. The number of alkyl carbamates (subject to hydrolysis) is 1. The van der Waals surface area contributed by atoms with Crippen LogP contribution in [0.15, 0.2) is 42.6 Å². The zero-order valence-corrected chi connectivity index (χ0v) is 13.9. The molecule has 0 bridgehead atoms. The van der Waals surface area contributed by atoms with E-state index in [2.05, 4.69) is 10.3 Å². The Hall–Kier alpha value is -2.77. The lowest BCUT2D eigenvalue weighted by molar-refractivity contribution is -0.137. The zero-order chi connectivity index (χ0) is 18.7. The molecule has 1 aromatic heterocycles. The monoisotopic (exact) mass is 366 g/mol. The maximum Gasteiger partial charge on any atom is 0.418 e. The average molecular weight is 366 g/mol. The van der Waals surface area contributed by atoms with Crippen LogP contribution in [0.2, 0.25) is 0 Å². The molecule has 5 nitrogen and oxygen atoms in total. The quantitative estimate of drug-likeness (QED) is 0.892. The van der Waals surface area contributed by atoms with E-state index in [0.717, 1.165) is 17.8 Å². The van der Waals surface area contributed by atoms with E-state index >= 15 is 0 Å². The molecule has 0 radical (unpaired) electrons. The van der Waals surface area contributed by atoms with Gasteiger partial charge in [-0.2, -0.15) is 13.2 Å². The van der Waals surface area contributed by atoms with Crippen molar-refractivity contribution in [2.24, 2.45) is 0 Å². The number of nitrogens with one attached hydrogen (secondary N) is 1. The van der Waals surface area contributed by atoms with Gasteiger partial charge in [0.15, 0.2) is 0 Å². The summed E-state index contributed by atoms with van der Waals surface area (Å²) < 4.78 is 48.9. The Balaban J connectivity index is 1.58. The number of carbonyl (C=O) groups excluding carboxylic acids is 1. The summed E-state index contributed by atoms with van der Waals surface area (Å²) in [6.45, 7) is 2.00. The Morgan fingerprint density at radius 2 is 2.04 bits per heavy atom. The fourth-order valence-corrected chi connectivity index (χ4v) is 2.72. The maximum atomic E-state index is 12.8. The molecule has 0 aliphatic carbocycles. The van der Waals surface area contributed by atoms with Gasteiger partial charge in [0.25, 0.3) is 0 Å². The number of halogens is 3. The van der Waals surface area contributed by atoms with Crippen LogP contribution < -0.4 is 10.1 Å². The largest absolute Gasteiger partial charge is 0.488 e. The number of ether oxygens (including phenoxy) is 2. The molecule has 0 spiro atoms. The Labute approximate surface area is 148 Å². The molecule has 2 heterocycles. The summed E-state index contributed by atoms with van der Waals surface area (Å²) >= 11 is 0. The molecule has 0 saturated heterocycles. The van der Waals surface area contributed by atoms with Gasteiger partial charge in [0.05, 0.1) is 17.2 Å². The Kier molecular flexibility index (Phi) is 5.01. The molecule has 26 heavy (non-hydrogen) atoms. The molecule has 2 atom stereocenters. The minimum absolute atomic E-state index is 0.0942. The number of nitrogens with zero attached hydrogens (tertiary/aromatic N) is 1. The number of benzene rings is 1. The van der Waals surface area contributed by atoms with E-state index in [1.165, 1.54) is 0 Å². The van der Waals surface area contributed by atoms with E-state index in [1.54, 1.807) is 6.92 Å². The second-order valence-corrected chi connectivity index (χ2v) is 5.98. The third-order valence-electron chi connectivity index (χ3n) is 4.12. The first-order valence-electron chi connectivity index (χ1n) is 8.03. The first-order chi connectivity index (χ1) is 12.3.